The number of carbonyl (C=O) groups is 1. The molecule has 0 bridgehead atoms. The molecule has 2 aromatic rings. The van der Waals surface area contributed by atoms with E-state index in [1.54, 1.807) is 6.07 Å². The molecule has 1 saturated carbocycles. The summed E-state index contributed by atoms with van der Waals surface area (Å²) in [6, 6.07) is 7.32. The largest absolute Gasteiger partial charge is 0.478 e. The first-order valence-electron chi connectivity index (χ1n) is 6.49. The van der Waals surface area contributed by atoms with E-state index >= 15 is 0 Å². The zero-order valence-electron chi connectivity index (χ0n) is 10.5. The van der Waals surface area contributed by atoms with Crippen LogP contribution in [0.5, 0.6) is 5.88 Å². The lowest BCUT2D eigenvalue weighted by Gasteiger charge is -2.09. The minimum absolute atomic E-state index is 0.213. The molecule has 1 aromatic carbocycles. The topological polar surface area (TPSA) is 59.4 Å². The molecule has 1 aliphatic carbocycles. The highest BCUT2D eigenvalue weighted by Gasteiger charge is 2.21. The third-order valence-electron chi connectivity index (χ3n) is 3.45. The van der Waals surface area contributed by atoms with E-state index in [-0.39, 0.29) is 5.56 Å². The minimum Gasteiger partial charge on any atom is -0.478 e. The molecule has 0 aliphatic heterocycles. The van der Waals surface area contributed by atoms with Gasteiger partial charge in [-0.1, -0.05) is 31.0 Å². The molecule has 19 heavy (non-hydrogen) atoms. The predicted molar refractivity (Wildman–Crippen MR) is 71.5 cm³/mol. The lowest BCUT2D eigenvalue weighted by atomic mass is 10.1. The maximum absolute atomic E-state index is 11.2. The summed E-state index contributed by atoms with van der Waals surface area (Å²) in [4.78, 5) is 15.3. The summed E-state index contributed by atoms with van der Waals surface area (Å²) in [7, 11) is 0. The molecule has 0 unspecified atom stereocenters. The minimum atomic E-state index is -0.965. The Morgan fingerprint density at radius 3 is 2.74 bits per heavy atom. The normalized spacial score (nSPS) is 14.5. The second-order valence-corrected chi connectivity index (χ2v) is 4.91. The summed E-state index contributed by atoms with van der Waals surface area (Å²) >= 11 is 0. The maximum atomic E-state index is 11.2. The predicted octanol–water partition coefficient (Wildman–Crippen LogP) is 3.11. The molecule has 1 fully saturated rings. The summed E-state index contributed by atoms with van der Waals surface area (Å²) in [6.07, 6.45) is 5.03. The van der Waals surface area contributed by atoms with Crippen molar-refractivity contribution in [2.24, 2.45) is 5.92 Å². The van der Waals surface area contributed by atoms with Crippen molar-refractivity contribution in [3.05, 3.63) is 36.0 Å². The van der Waals surface area contributed by atoms with E-state index in [0.29, 0.717) is 17.9 Å². The van der Waals surface area contributed by atoms with Crippen LogP contribution in [0.2, 0.25) is 0 Å². The van der Waals surface area contributed by atoms with Crippen LogP contribution in [0.3, 0.4) is 0 Å². The van der Waals surface area contributed by atoms with E-state index in [4.69, 9.17) is 9.84 Å². The number of benzene rings is 1. The van der Waals surface area contributed by atoms with Crippen LogP contribution in [0.1, 0.15) is 29.6 Å². The summed E-state index contributed by atoms with van der Waals surface area (Å²) < 4.78 is 5.70. The first kappa shape index (κ1) is 12.0. The monoisotopic (exact) mass is 257 g/mol. The first-order valence-corrected chi connectivity index (χ1v) is 6.49. The zero-order chi connectivity index (χ0) is 13.2. The number of aromatic nitrogens is 1. The third-order valence-corrected chi connectivity index (χ3v) is 3.45. The van der Waals surface area contributed by atoms with Gasteiger partial charge in [0.15, 0.2) is 0 Å². The van der Waals surface area contributed by atoms with Crippen LogP contribution in [0, 0.1) is 5.92 Å². The smallest absolute Gasteiger partial charge is 0.337 e. The van der Waals surface area contributed by atoms with Crippen LogP contribution in [0.25, 0.3) is 10.8 Å². The van der Waals surface area contributed by atoms with E-state index in [1.165, 1.54) is 19.0 Å². The molecule has 0 atom stereocenters. The Balaban J connectivity index is 1.91. The van der Waals surface area contributed by atoms with Crippen LogP contribution in [-0.4, -0.2) is 22.7 Å². The zero-order valence-corrected chi connectivity index (χ0v) is 10.5. The third kappa shape index (κ3) is 2.52. The second-order valence-electron chi connectivity index (χ2n) is 4.91. The van der Waals surface area contributed by atoms with Crippen molar-refractivity contribution in [3.8, 4) is 5.88 Å². The van der Waals surface area contributed by atoms with Crippen LogP contribution in [0.15, 0.2) is 30.5 Å². The van der Waals surface area contributed by atoms with E-state index in [9.17, 15) is 4.79 Å². The summed E-state index contributed by atoms with van der Waals surface area (Å²) in [5.74, 6) is 0.374. The van der Waals surface area contributed by atoms with Gasteiger partial charge in [0.1, 0.15) is 0 Å². The number of fused-ring (bicyclic) bond motifs is 1. The van der Waals surface area contributed by atoms with Crippen LogP contribution in [0.4, 0.5) is 0 Å². The van der Waals surface area contributed by atoms with Gasteiger partial charge >= 0.3 is 5.97 Å². The van der Waals surface area contributed by atoms with E-state index < -0.39 is 5.97 Å². The molecular formula is C15H15NO3. The molecule has 98 valence electrons. The fourth-order valence-electron chi connectivity index (χ4n) is 2.18. The molecular weight excluding hydrogens is 242 g/mol. The Hall–Kier alpha value is -2.10. The molecule has 0 saturated heterocycles. The summed E-state index contributed by atoms with van der Waals surface area (Å²) in [5.41, 5.74) is 0.213. The fraction of sp³-hybridized carbons (Fsp3) is 0.333. The van der Waals surface area contributed by atoms with Gasteiger partial charge in [-0.05, 0) is 18.4 Å². The Morgan fingerprint density at radius 1 is 1.32 bits per heavy atom. The van der Waals surface area contributed by atoms with Crippen molar-refractivity contribution >= 4 is 16.7 Å². The number of ether oxygens (including phenoxy) is 1. The van der Waals surface area contributed by atoms with Crippen molar-refractivity contribution in [2.45, 2.75) is 19.3 Å². The molecule has 1 heterocycles. The quantitative estimate of drug-likeness (QED) is 0.894. The van der Waals surface area contributed by atoms with Gasteiger partial charge in [0, 0.05) is 17.0 Å². The average Bonchev–Trinajstić information content (AvgIpc) is 3.22. The first-order chi connectivity index (χ1) is 9.25. The van der Waals surface area contributed by atoms with Gasteiger partial charge < -0.3 is 9.84 Å². The summed E-state index contributed by atoms with van der Waals surface area (Å²) in [5, 5.41) is 10.6. The highest BCUT2D eigenvalue weighted by Crippen LogP contribution is 2.33. The molecule has 1 aromatic heterocycles. The molecule has 0 radical (unpaired) electrons. The van der Waals surface area contributed by atoms with Crippen LogP contribution < -0.4 is 4.74 Å². The van der Waals surface area contributed by atoms with Crippen molar-refractivity contribution in [1.29, 1.82) is 0 Å². The second kappa shape index (κ2) is 4.88. The molecule has 1 N–H and O–H groups in total. The molecule has 0 spiro atoms. The number of carboxylic acids is 1. The molecule has 4 nitrogen and oxygen atoms in total. The van der Waals surface area contributed by atoms with Gasteiger partial charge in [-0.3, -0.25) is 0 Å². The van der Waals surface area contributed by atoms with E-state index in [1.807, 2.05) is 18.2 Å². The highest BCUT2D eigenvalue weighted by molar-refractivity contribution is 6.04. The van der Waals surface area contributed by atoms with Gasteiger partial charge in [0.2, 0.25) is 5.88 Å². The van der Waals surface area contributed by atoms with Crippen LogP contribution in [-0.2, 0) is 0 Å². The van der Waals surface area contributed by atoms with Gasteiger partial charge in [-0.2, -0.15) is 0 Å². The Morgan fingerprint density at radius 2 is 2.05 bits per heavy atom. The fourth-order valence-corrected chi connectivity index (χ4v) is 2.18. The standard InChI is InChI=1S/C15H15NO3/c17-15(18)13-9-16-14(19-8-7-10-5-6-10)12-4-2-1-3-11(12)13/h1-4,9-10H,5-8H2,(H,17,18). The molecule has 4 heteroatoms. The number of rotatable bonds is 5. The average molecular weight is 257 g/mol. The summed E-state index contributed by atoms with van der Waals surface area (Å²) in [6.45, 7) is 0.647. The van der Waals surface area contributed by atoms with E-state index in [0.717, 1.165) is 17.7 Å². The van der Waals surface area contributed by atoms with Gasteiger partial charge in [-0.15, -0.1) is 0 Å². The molecule has 0 amide bonds. The van der Waals surface area contributed by atoms with Crippen molar-refractivity contribution in [3.63, 3.8) is 0 Å². The van der Waals surface area contributed by atoms with Gasteiger partial charge in [-0.25, -0.2) is 9.78 Å². The lowest BCUT2D eigenvalue weighted by molar-refractivity contribution is 0.0698. The van der Waals surface area contributed by atoms with Crippen molar-refractivity contribution in [2.75, 3.05) is 6.61 Å². The Kier molecular flexibility index (Phi) is 3.07. The SMILES string of the molecule is O=C(O)c1cnc(OCCC2CC2)c2ccccc12. The molecule has 1 aliphatic rings. The number of hydrogen-bond donors (Lipinski definition) is 1. The van der Waals surface area contributed by atoms with Crippen LogP contribution >= 0.6 is 0 Å². The molecule has 3 rings (SSSR count). The number of pyridine rings is 1. The Bertz CT molecular complexity index is 620. The maximum Gasteiger partial charge on any atom is 0.337 e. The highest BCUT2D eigenvalue weighted by atomic mass is 16.5. The van der Waals surface area contributed by atoms with Gasteiger partial charge in [0.05, 0.1) is 12.2 Å². The number of hydrogen-bond acceptors (Lipinski definition) is 3. The van der Waals surface area contributed by atoms with Crippen molar-refractivity contribution < 1.29 is 14.6 Å². The number of carboxylic acid groups (broad SMARTS) is 1. The van der Waals surface area contributed by atoms with Gasteiger partial charge in [0.25, 0.3) is 0 Å². The van der Waals surface area contributed by atoms with Crippen molar-refractivity contribution in [1.82, 2.24) is 4.98 Å². The number of aromatic carboxylic acids is 1. The lowest BCUT2D eigenvalue weighted by Crippen LogP contribution is -2.04. The Labute approximate surface area is 111 Å². The number of nitrogens with zero attached hydrogens (tertiary/aromatic N) is 1. The van der Waals surface area contributed by atoms with E-state index in [2.05, 4.69) is 4.98 Å².